The van der Waals surface area contributed by atoms with Crippen LogP contribution in [0.3, 0.4) is 0 Å². The second-order valence-electron chi connectivity index (χ2n) is 8.47. The van der Waals surface area contributed by atoms with Gasteiger partial charge < -0.3 is 19.9 Å². The number of nitrogens with zero attached hydrogens (tertiary/aromatic N) is 2. The summed E-state index contributed by atoms with van der Waals surface area (Å²) in [7, 11) is 1.57. The molecule has 0 spiro atoms. The van der Waals surface area contributed by atoms with Crippen LogP contribution in [-0.2, 0) is 16.0 Å². The van der Waals surface area contributed by atoms with E-state index in [-0.39, 0.29) is 24.3 Å². The molecule has 1 aliphatic rings. The van der Waals surface area contributed by atoms with Crippen LogP contribution in [0.2, 0.25) is 0 Å². The van der Waals surface area contributed by atoms with Gasteiger partial charge in [0.05, 0.1) is 35.8 Å². The Balaban J connectivity index is 1.37. The molecule has 1 aliphatic heterocycles. The number of imidazole rings is 1. The average Bonchev–Trinajstić information content (AvgIpc) is 3.48. The zero-order valence-corrected chi connectivity index (χ0v) is 18.9. The molecule has 0 unspecified atom stereocenters. The lowest BCUT2D eigenvalue weighted by molar-refractivity contribution is -0.127. The number of hydrogen-bond donors (Lipinski definition) is 2. The summed E-state index contributed by atoms with van der Waals surface area (Å²) >= 11 is 0. The molecule has 4 aromatic rings. The molecule has 0 bridgehead atoms. The summed E-state index contributed by atoms with van der Waals surface area (Å²) in [5.74, 6) is 0.602. The van der Waals surface area contributed by atoms with Gasteiger partial charge in [-0.15, -0.1) is 0 Å². The van der Waals surface area contributed by atoms with E-state index in [2.05, 4.69) is 10.3 Å². The third-order valence-corrected chi connectivity index (χ3v) is 6.21. The average molecular weight is 455 g/mol. The second kappa shape index (κ2) is 9.39. The zero-order chi connectivity index (χ0) is 23.5. The van der Waals surface area contributed by atoms with Gasteiger partial charge in [-0.25, -0.2) is 4.98 Å². The minimum Gasteiger partial charge on any atom is -0.495 e. The Morgan fingerprint density at radius 3 is 2.62 bits per heavy atom. The van der Waals surface area contributed by atoms with Crippen molar-refractivity contribution in [1.29, 1.82) is 0 Å². The van der Waals surface area contributed by atoms with E-state index in [1.807, 2.05) is 78.9 Å². The third-order valence-electron chi connectivity index (χ3n) is 6.21. The summed E-state index contributed by atoms with van der Waals surface area (Å²) < 4.78 is 5.41. The molecule has 7 heteroatoms. The molecule has 5 rings (SSSR count). The molecular formula is C27H26N4O3. The Hall–Kier alpha value is -4.13. The molecule has 2 atom stereocenters. The topological polar surface area (TPSA) is 87.3 Å². The van der Waals surface area contributed by atoms with Crippen LogP contribution in [0.5, 0.6) is 5.75 Å². The number of rotatable bonds is 7. The van der Waals surface area contributed by atoms with Crippen LogP contribution >= 0.6 is 0 Å². The van der Waals surface area contributed by atoms with E-state index in [0.717, 1.165) is 16.6 Å². The smallest absolute Gasteiger partial charge is 0.227 e. The van der Waals surface area contributed by atoms with Crippen LogP contribution in [0.25, 0.3) is 11.0 Å². The number of hydrogen-bond acceptors (Lipinski definition) is 4. The summed E-state index contributed by atoms with van der Waals surface area (Å²) in [5, 5.41) is 3.16. The van der Waals surface area contributed by atoms with Gasteiger partial charge >= 0.3 is 0 Å². The summed E-state index contributed by atoms with van der Waals surface area (Å²) in [4.78, 5) is 35.9. The number of aromatic nitrogens is 2. The maximum atomic E-state index is 13.3. The molecule has 2 N–H and O–H groups in total. The Bertz CT molecular complexity index is 1280. The fourth-order valence-corrected chi connectivity index (χ4v) is 4.46. The summed E-state index contributed by atoms with van der Waals surface area (Å²) in [5.41, 5.74) is 3.54. The molecule has 2 amide bonds. The zero-order valence-electron chi connectivity index (χ0n) is 18.9. The standard InChI is InChI=1S/C27H26N4O3/c1-34-24-14-8-7-13-23(24)31-17-19(16-25(31)32)27(33)30-22(15-18-9-3-2-4-10-18)26-28-20-11-5-6-12-21(20)29-26/h2-14,19,22H,15-17H2,1H3,(H,28,29)(H,30,33)/t19-,22-/m0/s1. The van der Waals surface area contributed by atoms with E-state index in [0.29, 0.717) is 30.2 Å². The van der Waals surface area contributed by atoms with Crippen molar-refractivity contribution in [2.45, 2.75) is 18.9 Å². The fourth-order valence-electron chi connectivity index (χ4n) is 4.46. The number of amides is 2. The fraction of sp³-hybridized carbons (Fsp3) is 0.222. The molecular weight excluding hydrogens is 428 g/mol. The molecule has 0 radical (unpaired) electrons. The van der Waals surface area contributed by atoms with Crippen molar-refractivity contribution in [2.75, 3.05) is 18.6 Å². The maximum Gasteiger partial charge on any atom is 0.227 e. The van der Waals surface area contributed by atoms with Crippen molar-refractivity contribution in [3.05, 3.63) is 90.3 Å². The molecule has 172 valence electrons. The molecule has 1 aromatic heterocycles. The quantitative estimate of drug-likeness (QED) is 0.442. The lowest BCUT2D eigenvalue weighted by Gasteiger charge is -2.21. The van der Waals surface area contributed by atoms with Gasteiger partial charge in [0.2, 0.25) is 11.8 Å². The number of aromatic amines is 1. The SMILES string of the molecule is COc1ccccc1N1C[C@@H](C(=O)N[C@@H](Cc2ccccc2)c2nc3ccccc3[nH]2)CC1=O. The van der Waals surface area contributed by atoms with Crippen molar-refractivity contribution in [3.8, 4) is 5.75 Å². The van der Waals surface area contributed by atoms with Crippen molar-refractivity contribution in [3.63, 3.8) is 0 Å². The largest absolute Gasteiger partial charge is 0.495 e. The third kappa shape index (κ3) is 4.37. The molecule has 1 saturated heterocycles. The molecule has 3 aromatic carbocycles. The summed E-state index contributed by atoms with van der Waals surface area (Å²) in [6, 6.07) is 24.8. The minimum atomic E-state index is -0.458. The molecule has 0 aliphatic carbocycles. The number of fused-ring (bicyclic) bond motifs is 1. The first-order valence-corrected chi connectivity index (χ1v) is 11.3. The molecule has 0 saturated carbocycles. The highest BCUT2D eigenvalue weighted by Gasteiger charge is 2.37. The predicted octanol–water partition coefficient (Wildman–Crippen LogP) is 4.02. The highest BCUT2D eigenvalue weighted by atomic mass is 16.5. The first kappa shape index (κ1) is 21.7. The van der Waals surface area contributed by atoms with Crippen LogP contribution < -0.4 is 15.0 Å². The van der Waals surface area contributed by atoms with E-state index in [4.69, 9.17) is 9.72 Å². The number of methoxy groups -OCH3 is 1. The van der Waals surface area contributed by atoms with Crippen molar-refractivity contribution in [1.82, 2.24) is 15.3 Å². The van der Waals surface area contributed by atoms with Gasteiger partial charge in [0.1, 0.15) is 11.6 Å². The number of nitrogens with one attached hydrogen (secondary N) is 2. The van der Waals surface area contributed by atoms with E-state index in [1.54, 1.807) is 12.0 Å². The highest BCUT2D eigenvalue weighted by molar-refractivity contribution is 6.01. The van der Waals surface area contributed by atoms with Crippen LogP contribution in [0.4, 0.5) is 5.69 Å². The number of H-pyrrole nitrogens is 1. The lowest BCUT2D eigenvalue weighted by atomic mass is 10.0. The van der Waals surface area contributed by atoms with Gasteiger partial charge in [-0.3, -0.25) is 9.59 Å². The van der Waals surface area contributed by atoms with Crippen molar-refractivity contribution >= 4 is 28.5 Å². The van der Waals surface area contributed by atoms with Crippen molar-refractivity contribution in [2.24, 2.45) is 5.92 Å². The highest BCUT2D eigenvalue weighted by Crippen LogP contribution is 2.33. The Labute approximate surface area is 197 Å². The predicted molar refractivity (Wildman–Crippen MR) is 131 cm³/mol. The van der Waals surface area contributed by atoms with Gasteiger partial charge in [0.15, 0.2) is 0 Å². The van der Waals surface area contributed by atoms with Crippen LogP contribution in [0, 0.1) is 5.92 Å². The van der Waals surface area contributed by atoms with Crippen molar-refractivity contribution < 1.29 is 14.3 Å². The molecule has 2 heterocycles. The molecule has 1 fully saturated rings. The van der Waals surface area contributed by atoms with E-state index in [1.165, 1.54) is 0 Å². The number of para-hydroxylation sites is 4. The number of carbonyl (C=O) groups excluding carboxylic acids is 2. The Kier molecular flexibility index (Phi) is 5.99. The van der Waals surface area contributed by atoms with Gasteiger partial charge in [0, 0.05) is 13.0 Å². The normalized spacial score (nSPS) is 16.6. The Morgan fingerprint density at radius 1 is 1.09 bits per heavy atom. The van der Waals surface area contributed by atoms with Crippen LogP contribution in [-0.4, -0.2) is 35.4 Å². The van der Waals surface area contributed by atoms with E-state index < -0.39 is 5.92 Å². The number of ether oxygens (including phenoxy) is 1. The maximum absolute atomic E-state index is 13.3. The van der Waals surface area contributed by atoms with Gasteiger partial charge in [-0.05, 0) is 36.2 Å². The van der Waals surface area contributed by atoms with Gasteiger partial charge in [-0.1, -0.05) is 54.6 Å². The first-order valence-electron chi connectivity index (χ1n) is 11.3. The van der Waals surface area contributed by atoms with Crippen LogP contribution in [0.15, 0.2) is 78.9 Å². The summed E-state index contributed by atoms with van der Waals surface area (Å²) in [6.45, 7) is 0.309. The van der Waals surface area contributed by atoms with E-state index >= 15 is 0 Å². The summed E-state index contributed by atoms with van der Waals surface area (Å²) in [6.07, 6.45) is 0.741. The second-order valence-corrected chi connectivity index (χ2v) is 8.47. The Morgan fingerprint density at radius 2 is 1.82 bits per heavy atom. The van der Waals surface area contributed by atoms with E-state index in [9.17, 15) is 9.59 Å². The van der Waals surface area contributed by atoms with Crippen LogP contribution in [0.1, 0.15) is 23.9 Å². The molecule has 7 nitrogen and oxygen atoms in total. The number of anilines is 1. The van der Waals surface area contributed by atoms with Gasteiger partial charge in [0.25, 0.3) is 0 Å². The molecule has 34 heavy (non-hydrogen) atoms. The number of benzene rings is 3. The van der Waals surface area contributed by atoms with Gasteiger partial charge in [-0.2, -0.15) is 0 Å². The first-order chi connectivity index (χ1) is 16.6. The monoisotopic (exact) mass is 454 g/mol. The lowest BCUT2D eigenvalue weighted by Crippen LogP contribution is -2.37. The minimum absolute atomic E-state index is 0.0898. The number of carbonyl (C=O) groups is 2.